The fraction of sp³-hybridized carbons (Fsp3) is 0.519. The predicted molar refractivity (Wildman–Crippen MR) is 135 cm³/mol. The van der Waals surface area contributed by atoms with Crippen molar-refractivity contribution in [1.82, 2.24) is 5.32 Å². The van der Waals surface area contributed by atoms with E-state index in [1.807, 2.05) is 25.2 Å². The molecule has 34 heavy (non-hydrogen) atoms. The lowest BCUT2D eigenvalue weighted by Gasteiger charge is -2.32. The number of carbonyl (C=O) groups excluding carboxylic acids is 1. The van der Waals surface area contributed by atoms with E-state index in [-0.39, 0.29) is 17.9 Å². The number of nitrogens with one attached hydrogen (secondary N) is 1. The Kier molecular flexibility index (Phi) is 12.6. The van der Waals surface area contributed by atoms with Crippen LogP contribution >= 0.6 is 0 Å². The molecular formula is C27H41NO6. The molecule has 1 aliphatic carbocycles. The van der Waals surface area contributed by atoms with E-state index in [4.69, 9.17) is 14.9 Å². The molecule has 1 atom stereocenters. The van der Waals surface area contributed by atoms with Gasteiger partial charge < -0.3 is 30.5 Å². The van der Waals surface area contributed by atoms with Crippen molar-refractivity contribution in [1.29, 1.82) is 0 Å². The lowest BCUT2D eigenvalue weighted by Crippen LogP contribution is -2.25. The first-order valence-electron chi connectivity index (χ1n) is 11.7. The molecule has 0 aromatic rings. The molecule has 7 nitrogen and oxygen atoms in total. The monoisotopic (exact) mass is 475 g/mol. The third-order valence-electron chi connectivity index (χ3n) is 5.71. The predicted octanol–water partition coefficient (Wildman–Crippen LogP) is 4.68. The van der Waals surface area contributed by atoms with Crippen LogP contribution in [0.25, 0.3) is 0 Å². The van der Waals surface area contributed by atoms with E-state index < -0.39 is 24.4 Å². The summed E-state index contributed by atoms with van der Waals surface area (Å²) in [4.78, 5) is 12.0. The van der Waals surface area contributed by atoms with Crippen molar-refractivity contribution in [2.45, 2.75) is 66.6 Å². The average molecular weight is 476 g/mol. The van der Waals surface area contributed by atoms with Gasteiger partial charge >= 0.3 is 0 Å². The Hall–Kier alpha value is -2.61. The molecule has 0 saturated heterocycles. The maximum atomic E-state index is 12.0. The second-order valence-electron chi connectivity index (χ2n) is 9.28. The second kappa shape index (κ2) is 14.6. The largest absolute Gasteiger partial charge is 0.506 e. The van der Waals surface area contributed by atoms with Crippen molar-refractivity contribution in [3.8, 4) is 0 Å². The molecule has 0 heterocycles. The number of hydrogen-bond acceptors (Lipinski definition) is 6. The van der Waals surface area contributed by atoms with E-state index in [0.29, 0.717) is 13.0 Å². The van der Waals surface area contributed by atoms with Crippen LogP contribution in [0.4, 0.5) is 0 Å². The van der Waals surface area contributed by atoms with Gasteiger partial charge in [-0.05, 0) is 63.0 Å². The fourth-order valence-corrected chi connectivity index (χ4v) is 3.72. The van der Waals surface area contributed by atoms with Crippen molar-refractivity contribution in [3.05, 3.63) is 70.3 Å². The summed E-state index contributed by atoms with van der Waals surface area (Å²) >= 11 is 0. The third-order valence-corrected chi connectivity index (χ3v) is 5.71. The Morgan fingerprint density at radius 2 is 1.91 bits per heavy atom. The molecule has 1 aliphatic rings. The molecule has 0 aromatic heterocycles. The summed E-state index contributed by atoms with van der Waals surface area (Å²) in [5.41, 5.74) is 5.05. The highest BCUT2D eigenvalue weighted by Crippen LogP contribution is 2.40. The van der Waals surface area contributed by atoms with Crippen LogP contribution in [0.3, 0.4) is 0 Å². The van der Waals surface area contributed by atoms with Gasteiger partial charge in [0.25, 0.3) is 0 Å². The highest BCUT2D eigenvalue weighted by atomic mass is 16.6. The van der Waals surface area contributed by atoms with Crippen LogP contribution in [-0.2, 0) is 9.53 Å². The Morgan fingerprint density at radius 3 is 2.56 bits per heavy atom. The van der Waals surface area contributed by atoms with Crippen molar-refractivity contribution < 1.29 is 30.0 Å². The topological polar surface area (TPSA) is 119 Å². The first kappa shape index (κ1) is 29.4. The Bertz CT molecular complexity index is 874. The molecule has 0 aliphatic heterocycles. The van der Waals surface area contributed by atoms with Crippen molar-refractivity contribution in [2.24, 2.45) is 5.41 Å². The molecule has 7 heteroatoms. The van der Waals surface area contributed by atoms with Crippen LogP contribution in [0.1, 0.15) is 60.3 Å². The molecule has 0 radical (unpaired) electrons. The summed E-state index contributed by atoms with van der Waals surface area (Å²) in [5.74, 6) is -1.83. The SMILES string of the molecule is CC1=C(/C=C/C(C)=C/C=C/C(C)=C\C(=O)NCCCOC(O)/C(O)=C(\O)CO)C(C)(C)CCC1. The van der Waals surface area contributed by atoms with E-state index in [2.05, 4.69) is 45.2 Å². The lowest BCUT2D eigenvalue weighted by molar-refractivity contribution is -0.116. The third kappa shape index (κ3) is 10.5. The summed E-state index contributed by atoms with van der Waals surface area (Å²) in [5, 5.41) is 39.4. The van der Waals surface area contributed by atoms with Gasteiger partial charge in [0.1, 0.15) is 6.61 Å². The smallest absolute Gasteiger partial charge is 0.244 e. The zero-order valence-corrected chi connectivity index (χ0v) is 21.1. The minimum Gasteiger partial charge on any atom is -0.506 e. The first-order valence-corrected chi connectivity index (χ1v) is 11.7. The van der Waals surface area contributed by atoms with Gasteiger partial charge in [0.05, 0.1) is 6.61 Å². The van der Waals surface area contributed by atoms with Crippen LogP contribution in [0.15, 0.2) is 70.3 Å². The zero-order chi connectivity index (χ0) is 25.7. The molecule has 0 saturated carbocycles. The lowest BCUT2D eigenvalue weighted by atomic mass is 9.72. The summed E-state index contributed by atoms with van der Waals surface area (Å²) in [7, 11) is 0. The van der Waals surface area contributed by atoms with E-state index >= 15 is 0 Å². The van der Waals surface area contributed by atoms with Gasteiger partial charge in [0.2, 0.25) is 12.2 Å². The number of rotatable bonds is 12. The Morgan fingerprint density at radius 1 is 1.21 bits per heavy atom. The van der Waals surface area contributed by atoms with Crippen LogP contribution < -0.4 is 5.32 Å². The molecule has 1 rings (SSSR count). The van der Waals surface area contributed by atoms with Gasteiger partial charge in [0, 0.05) is 12.6 Å². The van der Waals surface area contributed by atoms with Gasteiger partial charge in [-0.15, -0.1) is 0 Å². The number of allylic oxidation sites excluding steroid dienone is 9. The first-order chi connectivity index (χ1) is 16.0. The highest BCUT2D eigenvalue weighted by Gasteiger charge is 2.26. The van der Waals surface area contributed by atoms with E-state index in [1.165, 1.54) is 36.5 Å². The van der Waals surface area contributed by atoms with E-state index in [1.54, 1.807) is 0 Å². The number of carbonyl (C=O) groups is 1. The molecule has 0 fully saturated rings. The summed E-state index contributed by atoms with van der Waals surface area (Å²) in [6.07, 6.45) is 14.0. The molecule has 1 unspecified atom stereocenters. The number of amides is 1. The van der Waals surface area contributed by atoms with Gasteiger partial charge in [0.15, 0.2) is 11.5 Å². The number of aliphatic hydroxyl groups is 4. The minimum absolute atomic E-state index is 0.0397. The highest BCUT2D eigenvalue weighted by molar-refractivity contribution is 5.88. The Balaban J connectivity index is 2.46. The quantitative estimate of drug-likeness (QED) is 0.0919. The molecule has 190 valence electrons. The van der Waals surface area contributed by atoms with Crippen LogP contribution in [0.2, 0.25) is 0 Å². The zero-order valence-electron chi connectivity index (χ0n) is 21.1. The van der Waals surface area contributed by atoms with Gasteiger partial charge in [-0.1, -0.05) is 55.4 Å². The van der Waals surface area contributed by atoms with Crippen molar-refractivity contribution >= 4 is 5.91 Å². The fourth-order valence-electron chi connectivity index (χ4n) is 3.72. The van der Waals surface area contributed by atoms with Crippen molar-refractivity contribution in [3.63, 3.8) is 0 Å². The number of hydrogen-bond donors (Lipinski definition) is 5. The summed E-state index contributed by atoms with van der Waals surface area (Å²) in [6, 6.07) is 0. The molecule has 0 aromatic carbocycles. The second-order valence-corrected chi connectivity index (χ2v) is 9.28. The van der Waals surface area contributed by atoms with Crippen LogP contribution in [-0.4, -0.2) is 52.4 Å². The number of aliphatic hydroxyl groups excluding tert-OH is 4. The van der Waals surface area contributed by atoms with Gasteiger partial charge in [-0.2, -0.15) is 0 Å². The van der Waals surface area contributed by atoms with Gasteiger partial charge in [-0.25, -0.2) is 0 Å². The molecule has 5 N–H and O–H groups in total. The Labute approximate surface area is 203 Å². The molecule has 0 bridgehead atoms. The van der Waals surface area contributed by atoms with Crippen LogP contribution in [0, 0.1) is 5.41 Å². The van der Waals surface area contributed by atoms with E-state index in [9.17, 15) is 15.0 Å². The van der Waals surface area contributed by atoms with Gasteiger partial charge in [-0.3, -0.25) is 4.79 Å². The van der Waals surface area contributed by atoms with Crippen molar-refractivity contribution in [2.75, 3.05) is 19.8 Å². The number of ether oxygens (including phenoxy) is 1. The van der Waals surface area contributed by atoms with E-state index in [0.717, 1.165) is 11.1 Å². The summed E-state index contributed by atoms with van der Waals surface area (Å²) < 4.78 is 4.92. The minimum atomic E-state index is -1.73. The summed E-state index contributed by atoms with van der Waals surface area (Å²) in [6.45, 7) is 10.3. The van der Waals surface area contributed by atoms with Crippen LogP contribution in [0.5, 0.6) is 0 Å². The molecule has 1 amide bonds. The average Bonchev–Trinajstić information content (AvgIpc) is 2.76. The molecular weight excluding hydrogens is 434 g/mol. The normalized spacial score (nSPS) is 19.0. The standard InChI is InChI=1S/C27H41NO6/c1-19(12-13-22-21(3)11-7-14-27(22,4)5)9-6-10-20(2)17-24(31)28-15-8-16-34-26(33)25(32)23(30)18-29/h6,9-10,12-13,17,26,29-30,32-33H,7-8,11,14-16,18H2,1-5H3,(H,28,31)/b10-6+,13-12+,19-9+,20-17-,25-23+. The maximum Gasteiger partial charge on any atom is 0.244 e. The molecule has 0 spiro atoms. The maximum absolute atomic E-state index is 12.0.